The molecule has 214 valence electrons. The Morgan fingerprint density at radius 1 is 0.737 bits per heavy atom. The Morgan fingerprint density at radius 2 is 1.18 bits per heavy atom. The van der Waals surface area contributed by atoms with E-state index in [0.29, 0.717) is 23.5 Å². The van der Waals surface area contributed by atoms with Gasteiger partial charge in [0.1, 0.15) is 11.5 Å². The van der Waals surface area contributed by atoms with Crippen molar-refractivity contribution in [2.45, 2.75) is 132 Å². The number of aromatic hydroxyl groups is 1. The Morgan fingerprint density at radius 3 is 1.61 bits per heavy atom. The van der Waals surface area contributed by atoms with Crippen LogP contribution in [0.4, 0.5) is 0 Å². The van der Waals surface area contributed by atoms with E-state index in [1.165, 1.54) is 20.9 Å². The van der Waals surface area contributed by atoms with Gasteiger partial charge in [0.05, 0.1) is 11.2 Å². The molecule has 0 saturated heterocycles. The summed E-state index contributed by atoms with van der Waals surface area (Å²) in [5.74, 6) is 1.76. The minimum Gasteiger partial charge on any atom is -0.507 e. The van der Waals surface area contributed by atoms with Crippen LogP contribution in [0.3, 0.4) is 0 Å². The molecule has 0 heterocycles. The van der Waals surface area contributed by atoms with Crippen molar-refractivity contribution in [2.75, 3.05) is 13.2 Å². The molecule has 2 aromatic carbocycles. The summed E-state index contributed by atoms with van der Waals surface area (Å²) in [5, 5.41) is 11.0. The van der Waals surface area contributed by atoms with E-state index in [2.05, 4.69) is 107 Å². The topological polar surface area (TPSA) is 55.5 Å². The lowest BCUT2D eigenvalue weighted by atomic mass is 9.79. The fraction of sp³-hybridized carbons (Fsp3) is 0.636. The number of rotatable bonds is 10. The van der Waals surface area contributed by atoms with Gasteiger partial charge >= 0.3 is 0 Å². The quantitative estimate of drug-likeness (QED) is 0.172. The second-order valence-electron chi connectivity index (χ2n) is 13.8. The van der Waals surface area contributed by atoms with Crippen LogP contribution in [0.15, 0.2) is 34.1 Å². The van der Waals surface area contributed by atoms with E-state index >= 15 is 0 Å². The van der Waals surface area contributed by atoms with Gasteiger partial charge in [0.2, 0.25) is 0 Å². The number of phenolic OH excluding ortho intramolecular Hbond substituents is 1. The number of ether oxygens (including phenoxy) is 1. The summed E-state index contributed by atoms with van der Waals surface area (Å²) < 4.78 is 6.77. The smallest absolute Gasteiger partial charge is 0.126 e. The van der Waals surface area contributed by atoms with Crippen molar-refractivity contribution in [3.8, 4) is 11.5 Å². The van der Waals surface area contributed by atoms with Gasteiger partial charge in [-0.15, -0.1) is 23.5 Å². The highest BCUT2D eigenvalue weighted by Gasteiger charge is 2.29. The molecular weight excluding hydrogens is 507 g/mol. The molecule has 1 unspecified atom stereocenters. The lowest BCUT2D eigenvalue weighted by molar-refractivity contribution is 0.291. The first-order valence-electron chi connectivity index (χ1n) is 14.1. The van der Waals surface area contributed by atoms with Crippen LogP contribution in [0.25, 0.3) is 0 Å². The Bertz CT molecular complexity index is 1040. The molecule has 1 atom stereocenters. The zero-order valence-electron chi connectivity index (χ0n) is 26.0. The highest BCUT2D eigenvalue weighted by atomic mass is 32.2. The van der Waals surface area contributed by atoms with Crippen LogP contribution in [-0.4, -0.2) is 22.8 Å². The number of thioether (sulfide) groups is 2. The van der Waals surface area contributed by atoms with Crippen LogP contribution >= 0.6 is 23.5 Å². The molecule has 3 nitrogen and oxygen atoms in total. The zero-order valence-corrected chi connectivity index (χ0v) is 27.7. The van der Waals surface area contributed by atoms with Crippen LogP contribution in [0, 0.1) is 0 Å². The molecule has 5 heteroatoms. The molecule has 0 fully saturated rings. The van der Waals surface area contributed by atoms with Gasteiger partial charge in [-0.1, -0.05) is 76.2 Å². The van der Waals surface area contributed by atoms with Gasteiger partial charge in [0, 0.05) is 26.5 Å². The van der Waals surface area contributed by atoms with Crippen molar-refractivity contribution >= 4 is 23.5 Å². The summed E-state index contributed by atoms with van der Waals surface area (Å²) in [7, 11) is 0. The molecule has 38 heavy (non-hydrogen) atoms. The van der Waals surface area contributed by atoms with Crippen LogP contribution in [0.1, 0.15) is 124 Å². The predicted molar refractivity (Wildman–Crippen MR) is 170 cm³/mol. The number of benzene rings is 2. The summed E-state index contributed by atoms with van der Waals surface area (Å²) in [6.45, 7) is 28.1. The number of hydrogen-bond acceptors (Lipinski definition) is 5. The van der Waals surface area contributed by atoms with Crippen LogP contribution in [0.2, 0.25) is 0 Å². The molecule has 0 bridgehead atoms. The third-order valence-corrected chi connectivity index (χ3v) is 8.93. The third-order valence-electron chi connectivity index (χ3n) is 6.67. The molecule has 0 aromatic heterocycles. The van der Waals surface area contributed by atoms with Crippen LogP contribution in [0.5, 0.6) is 11.5 Å². The molecule has 0 aliphatic carbocycles. The van der Waals surface area contributed by atoms with Gasteiger partial charge < -0.3 is 15.6 Å². The van der Waals surface area contributed by atoms with Crippen LogP contribution in [-0.2, 0) is 16.2 Å². The van der Waals surface area contributed by atoms with E-state index < -0.39 is 0 Å². The molecular formula is C33H53NO2S2. The van der Waals surface area contributed by atoms with E-state index in [1.807, 2.05) is 23.5 Å². The van der Waals surface area contributed by atoms with Crippen molar-refractivity contribution in [3.63, 3.8) is 0 Å². The maximum atomic E-state index is 11.0. The van der Waals surface area contributed by atoms with E-state index in [9.17, 15) is 5.11 Å². The van der Waals surface area contributed by atoms with Gasteiger partial charge in [0.15, 0.2) is 0 Å². The number of nitrogens with two attached hydrogens (primary N) is 1. The standard InChI is InChI=1S/C33H53NO2S2/c1-21(2)25-17-23(18-26(29(25)35)31(4,5)6)37-22(3)38-24-19-27(32(7,8)9)30(36-16-14-13-15-34)28(20-24)33(10,11)12/h17-22,35H,13-16,34H2,1-12H3. The van der Waals surface area contributed by atoms with Gasteiger partial charge in [-0.05, 0) is 78.3 Å². The third kappa shape index (κ3) is 8.86. The first kappa shape index (κ1) is 32.9. The summed E-state index contributed by atoms with van der Waals surface area (Å²) in [4.78, 5) is 2.48. The number of phenols is 1. The van der Waals surface area contributed by atoms with E-state index in [-0.39, 0.29) is 22.2 Å². The van der Waals surface area contributed by atoms with Gasteiger partial charge in [0.25, 0.3) is 0 Å². The molecule has 2 rings (SSSR count). The highest BCUT2D eigenvalue weighted by Crippen LogP contribution is 2.46. The normalized spacial score (nSPS) is 13.7. The Labute approximate surface area is 242 Å². The fourth-order valence-electron chi connectivity index (χ4n) is 4.48. The largest absolute Gasteiger partial charge is 0.507 e. The number of hydrogen-bond donors (Lipinski definition) is 2. The fourth-order valence-corrected chi connectivity index (χ4v) is 6.86. The summed E-state index contributed by atoms with van der Waals surface area (Å²) >= 11 is 3.77. The summed E-state index contributed by atoms with van der Waals surface area (Å²) in [5.41, 5.74) is 10.1. The van der Waals surface area contributed by atoms with Crippen molar-refractivity contribution in [3.05, 3.63) is 46.5 Å². The summed E-state index contributed by atoms with van der Waals surface area (Å²) in [6, 6.07) is 9.04. The van der Waals surface area contributed by atoms with Crippen LogP contribution < -0.4 is 10.5 Å². The second-order valence-corrected chi connectivity index (χ2v) is 16.9. The molecule has 2 aromatic rings. The highest BCUT2D eigenvalue weighted by molar-refractivity contribution is 8.17. The van der Waals surface area contributed by atoms with Gasteiger partial charge in [-0.3, -0.25) is 0 Å². The van der Waals surface area contributed by atoms with Gasteiger partial charge in [-0.2, -0.15) is 0 Å². The number of unbranched alkanes of at least 4 members (excludes halogenated alkanes) is 1. The molecule has 0 aliphatic rings. The molecule has 0 spiro atoms. The summed E-state index contributed by atoms with van der Waals surface area (Å²) in [6.07, 6.45) is 1.94. The zero-order chi connectivity index (χ0) is 29.1. The van der Waals surface area contributed by atoms with Crippen molar-refractivity contribution in [2.24, 2.45) is 5.73 Å². The first-order valence-corrected chi connectivity index (χ1v) is 15.8. The molecule has 0 aliphatic heterocycles. The average Bonchev–Trinajstić information content (AvgIpc) is 2.75. The average molecular weight is 560 g/mol. The Hall–Kier alpha value is -1.30. The maximum Gasteiger partial charge on any atom is 0.126 e. The Kier molecular flexibility index (Phi) is 11.2. The van der Waals surface area contributed by atoms with Gasteiger partial charge in [-0.25, -0.2) is 0 Å². The molecule has 0 amide bonds. The first-order chi connectivity index (χ1) is 17.4. The lowest BCUT2D eigenvalue weighted by Crippen LogP contribution is -2.20. The minimum atomic E-state index is -0.121. The molecule has 0 radical (unpaired) electrons. The molecule has 3 N–H and O–H groups in total. The SMILES string of the molecule is CC(Sc1cc(C(C)C)c(O)c(C(C)(C)C)c1)Sc1cc(C(C)(C)C)c(OCCCCN)c(C(C)(C)C)c1. The maximum absolute atomic E-state index is 11.0. The van der Waals surface area contributed by atoms with E-state index in [1.54, 1.807) is 0 Å². The van der Waals surface area contributed by atoms with Crippen molar-refractivity contribution in [1.82, 2.24) is 0 Å². The lowest BCUT2D eigenvalue weighted by Gasteiger charge is -2.31. The van der Waals surface area contributed by atoms with Crippen molar-refractivity contribution < 1.29 is 9.84 Å². The van der Waals surface area contributed by atoms with Crippen molar-refractivity contribution in [1.29, 1.82) is 0 Å². The minimum absolute atomic E-state index is 0.0408. The van der Waals surface area contributed by atoms with E-state index in [0.717, 1.165) is 29.7 Å². The predicted octanol–water partition coefficient (Wildman–Crippen LogP) is 9.76. The molecule has 0 saturated carbocycles. The van der Waals surface area contributed by atoms with E-state index in [4.69, 9.17) is 10.5 Å². The Balaban J connectivity index is 2.46. The second kappa shape index (κ2) is 12.9. The monoisotopic (exact) mass is 559 g/mol.